The molecule has 11 heteroatoms. The van der Waals surface area contributed by atoms with Crippen LogP contribution in [0.25, 0.3) is 0 Å². The molecule has 0 aromatic heterocycles. The van der Waals surface area contributed by atoms with Gasteiger partial charge in [-0.15, -0.1) is 11.8 Å². The summed E-state index contributed by atoms with van der Waals surface area (Å²) < 4.78 is 0. The fourth-order valence-corrected chi connectivity index (χ4v) is 4.22. The molecule has 3 amide bonds. The zero-order valence-corrected chi connectivity index (χ0v) is 19.9. The topological polar surface area (TPSA) is 134 Å². The molecule has 1 heterocycles. The Labute approximate surface area is 210 Å². The van der Waals surface area contributed by atoms with Crippen LogP contribution in [0.3, 0.4) is 0 Å². The van der Waals surface area contributed by atoms with E-state index in [1.54, 1.807) is 55.5 Å². The summed E-state index contributed by atoms with van der Waals surface area (Å²) in [7, 11) is 0. The maximum absolute atomic E-state index is 12.7. The van der Waals surface area contributed by atoms with Gasteiger partial charge in [0.1, 0.15) is 5.84 Å². The van der Waals surface area contributed by atoms with Crippen LogP contribution in [-0.2, 0) is 9.59 Å². The number of nitro benzene ring substituents is 1. The summed E-state index contributed by atoms with van der Waals surface area (Å²) in [4.78, 5) is 48.5. The zero-order valence-electron chi connectivity index (χ0n) is 19.1. The summed E-state index contributed by atoms with van der Waals surface area (Å²) >= 11 is 1.31. The molecule has 0 fully saturated rings. The molecule has 1 aliphatic heterocycles. The van der Waals surface area contributed by atoms with Crippen LogP contribution in [0.15, 0.2) is 88.9 Å². The first-order chi connectivity index (χ1) is 17.3. The van der Waals surface area contributed by atoms with E-state index in [0.717, 1.165) is 4.90 Å². The maximum atomic E-state index is 12.7. The number of anilines is 2. The van der Waals surface area contributed by atoms with E-state index in [4.69, 9.17) is 0 Å². The van der Waals surface area contributed by atoms with Crippen LogP contribution in [0, 0.1) is 10.1 Å². The van der Waals surface area contributed by atoms with Gasteiger partial charge in [0.2, 0.25) is 5.91 Å². The summed E-state index contributed by atoms with van der Waals surface area (Å²) in [5, 5.41) is 21.4. The van der Waals surface area contributed by atoms with E-state index in [-0.39, 0.29) is 29.5 Å². The van der Waals surface area contributed by atoms with Gasteiger partial charge in [0.05, 0.1) is 22.3 Å². The van der Waals surface area contributed by atoms with Crippen molar-refractivity contribution in [3.05, 3.63) is 94.5 Å². The lowest BCUT2D eigenvalue weighted by atomic mass is 10.2. The number of carbonyl (C=O) groups excluding carboxylic acids is 3. The van der Waals surface area contributed by atoms with Gasteiger partial charge in [0, 0.05) is 28.3 Å². The van der Waals surface area contributed by atoms with E-state index in [2.05, 4.69) is 15.7 Å². The van der Waals surface area contributed by atoms with Gasteiger partial charge in [0.15, 0.2) is 0 Å². The van der Waals surface area contributed by atoms with Gasteiger partial charge >= 0.3 is 0 Å². The standard InChI is InChI=1S/C25H21N5O5S/c1-16(24(32)27-22-15-23(31)29(28-22)19-7-3-2-4-8-19)36-21-12-10-18(11-13-21)26-25(33)17-6-5-9-20(14-17)30(34)35/h2-14,16H,15H2,1H3,(H,26,33)(H,27,28,32). The van der Waals surface area contributed by atoms with Gasteiger partial charge in [0.25, 0.3) is 17.5 Å². The molecule has 0 saturated heterocycles. The molecule has 0 bridgehead atoms. The van der Waals surface area contributed by atoms with Gasteiger partial charge in [-0.05, 0) is 49.4 Å². The van der Waals surface area contributed by atoms with E-state index in [1.165, 1.54) is 41.0 Å². The van der Waals surface area contributed by atoms with Crippen molar-refractivity contribution < 1.29 is 19.3 Å². The van der Waals surface area contributed by atoms with E-state index in [1.807, 2.05) is 6.07 Å². The summed E-state index contributed by atoms with van der Waals surface area (Å²) in [5.74, 6) is -0.687. The smallest absolute Gasteiger partial charge is 0.270 e. The lowest BCUT2D eigenvalue weighted by molar-refractivity contribution is -0.384. The molecule has 0 spiro atoms. The van der Waals surface area contributed by atoms with Gasteiger partial charge in [-0.1, -0.05) is 24.3 Å². The number of hydrogen-bond acceptors (Lipinski definition) is 7. The number of non-ortho nitro benzene ring substituents is 1. The van der Waals surface area contributed by atoms with Crippen molar-refractivity contribution in [3.8, 4) is 0 Å². The Balaban J connectivity index is 1.32. The predicted octanol–water partition coefficient (Wildman–Crippen LogP) is 4.19. The molecule has 1 aliphatic rings. The molecule has 3 aromatic rings. The summed E-state index contributed by atoms with van der Waals surface area (Å²) in [5.41, 5.74) is 1.15. The van der Waals surface area contributed by atoms with Gasteiger partial charge in [-0.3, -0.25) is 24.5 Å². The van der Waals surface area contributed by atoms with E-state index < -0.39 is 16.1 Å². The van der Waals surface area contributed by atoms with Crippen LogP contribution in [0.1, 0.15) is 23.7 Å². The number of thioether (sulfide) groups is 1. The molecule has 1 atom stereocenters. The fourth-order valence-electron chi connectivity index (χ4n) is 3.35. The zero-order chi connectivity index (χ0) is 25.7. The van der Waals surface area contributed by atoms with Crippen LogP contribution < -0.4 is 15.6 Å². The summed E-state index contributed by atoms with van der Waals surface area (Å²) in [6.07, 6.45) is 0.0109. The normalized spacial score (nSPS) is 13.6. The predicted molar refractivity (Wildman–Crippen MR) is 137 cm³/mol. The molecular weight excluding hydrogens is 482 g/mol. The van der Waals surface area contributed by atoms with Crippen LogP contribution in [0.2, 0.25) is 0 Å². The number of amidine groups is 1. The SMILES string of the molecule is CC(Sc1ccc(NC(=O)c2cccc([N+](=O)[O-])c2)cc1)C(=O)NC1=NN(c2ccccc2)C(=O)C1. The first-order valence-electron chi connectivity index (χ1n) is 10.9. The number of nitro groups is 1. The maximum Gasteiger partial charge on any atom is 0.270 e. The number of para-hydroxylation sites is 1. The lowest BCUT2D eigenvalue weighted by Crippen LogP contribution is -2.35. The monoisotopic (exact) mass is 503 g/mol. The number of amides is 3. The Bertz CT molecular complexity index is 1340. The summed E-state index contributed by atoms with van der Waals surface area (Å²) in [6.45, 7) is 1.74. The Morgan fingerprint density at radius 2 is 1.75 bits per heavy atom. The second-order valence-electron chi connectivity index (χ2n) is 7.80. The third kappa shape index (κ3) is 5.94. The fraction of sp³-hybridized carbons (Fsp3) is 0.120. The molecule has 4 rings (SSSR count). The minimum atomic E-state index is -0.559. The van der Waals surface area contributed by atoms with Crippen molar-refractivity contribution in [3.63, 3.8) is 0 Å². The average molecular weight is 504 g/mol. The Morgan fingerprint density at radius 1 is 1.03 bits per heavy atom. The highest BCUT2D eigenvalue weighted by Crippen LogP contribution is 2.26. The highest BCUT2D eigenvalue weighted by atomic mass is 32.2. The van der Waals surface area contributed by atoms with Crippen LogP contribution in [0.5, 0.6) is 0 Å². The summed E-state index contributed by atoms with van der Waals surface area (Å²) in [6, 6.07) is 21.3. The molecule has 3 aromatic carbocycles. The van der Waals surface area contributed by atoms with Crippen molar-refractivity contribution in [1.82, 2.24) is 5.32 Å². The minimum absolute atomic E-state index is 0.0109. The van der Waals surface area contributed by atoms with Gasteiger partial charge in [-0.25, -0.2) is 0 Å². The molecule has 0 aliphatic carbocycles. The van der Waals surface area contributed by atoms with Crippen molar-refractivity contribution in [2.24, 2.45) is 5.10 Å². The lowest BCUT2D eigenvalue weighted by Gasteiger charge is -2.12. The van der Waals surface area contributed by atoms with Crippen molar-refractivity contribution >= 4 is 52.4 Å². The molecule has 1 unspecified atom stereocenters. The Kier molecular flexibility index (Phi) is 7.40. The number of benzene rings is 3. The Hall–Kier alpha value is -4.51. The van der Waals surface area contributed by atoms with Crippen LogP contribution in [-0.4, -0.2) is 33.7 Å². The number of nitrogens with zero attached hydrogens (tertiary/aromatic N) is 3. The van der Waals surface area contributed by atoms with Crippen molar-refractivity contribution in [2.75, 3.05) is 10.3 Å². The second-order valence-corrected chi connectivity index (χ2v) is 9.21. The molecule has 182 valence electrons. The number of hydrazone groups is 1. The third-order valence-electron chi connectivity index (χ3n) is 5.16. The minimum Gasteiger partial charge on any atom is -0.322 e. The van der Waals surface area contributed by atoms with Crippen LogP contribution in [0.4, 0.5) is 17.1 Å². The Morgan fingerprint density at radius 3 is 2.44 bits per heavy atom. The molecule has 36 heavy (non-hydrogen) atoms. The molecular formula is C25H21N5O5S. The highest BCUT2D eigenvalue weighted by molar-refractivity contribution is 8.00. The number of rotatable bonds is 7. The molecule has 10 nitrogen and oxygen atoms in total. The van der Waals surface area contributed by atoms with E-state index in [9.17, 15) is 24.5 Å². The van der Waals surface area contributed by atoms with Gasteiger partial charge < -0.3 is 10.6 Å². The second kappa shape index (κ2) is 10.8. The van der Waals surface area contributed by atoms with E-state index >= 15 is 0 Å². The van der Waals surface area contributed by atoms with Crippen LogP contribution >= 0.6 is 11.8 Å². The van der Waals surface area contributed by atoms with Crippen molar-refractivity contribution in [2.45, 2.75) is 23.5 Å². The third-order valence-corrected chi connectivity index (χ3v) is 6.27. The molecule has 0 radical (unpaired) electrons. The first kappa shape index (κ1) is 24.6. The van der Waals surface area contributed by atoms with Crippen molar-refractivity contribution in [1.29, 1.82) is 0 Å². The highest BCUT2D eigenvalue weighted by Gasteiger charge is 2.27. The largest absolute Gasteiger partial charge is 0.322 e. The molecule has 0 saturated carbocycles. The average Bonchev–Trinajstić information content (AvgIpc) is 3.25. The number of carbonyl (C=O) groups is 3. The molecule has 2 N–H and O–H groups in total. The van der Waals surface area contributed by atoms with E-state index in [0.29, 0.717) is 17.2 Å². The van der Waals surface area contributed by atoms with Gasteiger partial charge in [-0.2, -0.15) is 10.1 Å². The number of nitrogens with one attached hydrogen (secondary N) is 2. The quantitative estimate of drug-likeness (QED) is 0.282. The first-order valence-corrected chi connectivity index (χ1v) is 11.8. The number of hydrogen-bond donors (Lipinski definition) is 2.